The van der Waals surface area contributed by atoms with Crippen LogP contribution >= 0.6 is 0 Å². The molecule has 0 saturated carbocycles. The first kappa shape index (κ1) is 17.5. The quantitative estimate of drug-likeness (QED) is 0.244. The minimum absolute atomic E-state index is 0.246. The third kappa shape index (κ3) is 5.39. The second kappa shape index (κ2) is 9.30. The van der Waals surface area contributed by atoms with Gasteiger partial charge in [0.25, 0.3) is 0 Å². The van der Waals surface area contributed by atoms with E-state index < -0.39 is 11.8 Å². The highest BCUT2D eigenvalue weighted by atomic mass is 16.4. The van der Waals surface area contributed by atoms with E-state index in [2.05, 4.69) is 17.4 Å². The Labute approximate surface area is 141 Å². The molecule has 0 aliphatic heterocycles. The van der Waals surface area contributed by atoms with Gasteiger partial charge in [0.05, 0.1) is 0 Å². The SMILES string of the molecule is O=C(O)/C(=C/NCCCCc1ccccc1)C(=O)c1ccccc1. The van der Waals surface area contributed by atoms with Crippen LogP contribution in [0.25, 0.3) is 0 Å². The number of benzene rings is 2. The van der Waals surface area contributed by atoms with Crippen LogP contribution in [0.3, 0.4) is 0 Å². The molecule has 2 aromatic carbocycles. The van der Waals surface area contributed by atoms with Crippen LogP contribution in [-0.2, 0) is 11.2 Å². The molecule has 0 atom stereocenters. The summed E-state index contributed by atoms with van der Waals surface area (Å²) >= 11 is 0. The third-order valence-electron chi connectivity index (χ3n) is 3.64. The number of carboxylic acid groups (broad SMARTS) is 1. The Kier molecular flexibility index (Phi) is 6.77. The Bertz CT molecular complexity index is 693. The molecule has 0 amide bonds. The van der Waals surface area contributed by atoms with Gasteiger partial charge in [0.2, 0.25) is 5.78 Å². The summed E-state index contributed by atoms with van der Waals surface area (Å²) in [6, 6.07) is 18.6. The topological polar surface area (TPSA) is 66.4 Å². The molecule has 4 heteroatoms. The van der Waals surface area contributed by atoms with E-state index in [0.29, 0.717) is 12.1 Å². The Morgan fingerprint density at radius 1 is 0.917 bits per heavy atom. The van der Waals surface area contributed by atoms with Crippen molar-refractivity contribution < 1.29 is 14.7 Å². The van der Waals surface area contributed by atoms with E-state index in [1.54, 1.807) is 30.3 Å². The van der Waals surface area contributed by atoms with Crippen molar-refractivity contribution in [3.63, 3.8) is 0 Å². The molecule has 0 bridgehead atoms. The number of carbonyl (C=O) groups is 2. The zero-order valence-electron chi connectivity index (χ0n) is 13.4. The number of rotatable bonds is 9. The van der Waals surface area contributed by atoms with Crippen LogP contribution in [0.5, 0.6) is 0 Å². The van der Waals surface area contributed by atoms with E-state index in [-0.39, 0.29) is 5.57 Å². The van der Waals surface area contributed by atoms with Crippen LogP contribution in [0.15, 0.2) is 72.4 Å². The molecular weight excluding hydrogens is 302 g/mol. The molecule has 0 heterocycles. The maximum absolute atomic E-state index is 12.2. The number of nitrogens with one attached hydrogen (secondary N) is 1. The molecule has 0 unspecified atom stereocenters. The molecule has 0 aromatic heterocycles. The molecule has 0 radical (unpaired) electrons. The normalized spacial score (nSPS) is 11.1. The van der Waals surface area contributed by atoms with Crippen molar-refractivity contribution in [3.8, 4) is 0 Å². The van der Waals surface area contributed by atoms with E-state index in [4.69, 9.17) is 0 Å². The number of aryl methyl sites for hydroxylation is 1. The van der Waals surface area contributed by atoms with Gasteiger partial charge in [0.1, 0.15) is 5.57 Å². The molecule has 0 fully saturated rings. The summed E-state index contributed by atoms with van der Waals surface area (Å²) in [6.45, 7) is 0.631. The fourth-order valence-corrected chi connectivity index (χ4v) is 2.34. The first-order valence-corrected chi connectivity index (χ1v) is 7.99. The van der Waals surface area contributed by atoms with Crippen molar-refractivity contribution >= 4 is 11.8 Å². The average molecular weight is 323 g/mol. The number of hydrogen-bond acceptors (Lipinski definition) is 3. The second-order valence-electron chi connectivity index (χ2n) is 5.46. The maximum atomic E-state index is 12.2. The van der Waals surface area contributed by atoms with Gasteiger partial charge in [-0.25, -0.2) is 4.79 Å². The molecule has 2 rings (SSSR count). The smallest absolute Gasteiger partial charge is 0.341 e. The monoisotopic (exact) mass is 323 g/mol. The summed E-state index contributed by atoms with van der Waals surface area (Å²) in [7, 11) is 0. The Morgan fingerprint density at radius 3 is 2.17 bits per heavy atom. The van der Waals surface area contributed by atoms with Crippen LogP contribution < -0.4 is 5.32 Å². The van der Waals surface area contributed by atoms with Gasteiger partial charge in [0, 0.05) is 18.3 Å². The Hall–Kier alpha value is -2.88. The molecule has 0 aliphatic carbocycles. The lowest BCUT2D eigenvalue weighted by Crippen LogP contribution is -2.18. The Morgan fingerprint density at radius 2 is 1.54 bits per heavy atom. The lowest BCUT2D eigenvalue weighted by atomic mass is 10.0. The largest absolute Gasteiger partial charge is 0.477 e. The molecule has 2 N–H and O–H groups in total. The van der Waals surface area contributed by atoms with E-state index in [1.165, 1.54) is 11.8 Å². The minimum atomic E-state index is -1.22. The number of ketones is 1. The van der Waals surface area contributed by atoms with Gasteiger partial charge < -0.3 is 10.4 Å². The number of aliphatic carboxylic acids is 1. The molecule has 24 heavy (non-hydrogen) atoms. The number of hydrogen-bond donors (Lipinski definition) is 2. The molecule has 4 nitrogen and oxygen atoms in total. The van der Waals surface area contributed by atoms with Gasteiger partial charge in [-0.15, -0.1) is 0 Å². The molecule has 124 valence electrons. The first-order chi connectivity index (χ1) is 11.7. The number of unbranched alkanes of at least 4 members (excludes halogenated alkanes) is 1. The molecular formula is C20H21NO3. The highest BCUT2D eigenvalue weighted by Gasteiger charge is 2.18. The van der Waals surface area contributed by atoms with Crippen molar-refractivity contribution in [1.82, 2.24) is 5.32 Å². The third-order valence-corrected chi connectivity index (χ3v) is 3.64. The van der Waals surface area contributed by atoms with Crippen molar-refractivity contribution in [2.24, 2.45) is 0 Å². The highest BCUT2D eigenvalue weighted by molar-refractivity contribution is 6.23. The first-order valence-electron chi connectivity index (χ1n) is 7.99. The van der Waals surface area contributed by atoms with Gasteiger partial charge in [-0.2, -0.15) is 0 Å². The average Bonchev–Trinajstić information content (AvgIpc) is 2.62. The lowest BCUT2D eigenvalue weighted by Gasteiger charge is -2.05. The van der Waals surface area contributed by atoms with Crippen LogP contribution in [0.2, 0.25) is 0 Å². The zero-order chi connectivity index (χ0) is 17.2. The highest BCUT2D eigenvalue weighted by Crippen LogP contribution is 2.08. The maximum Gasteiger partial charge on any atom is 0.341 e. The lowest BCUT2D eigenvalue weighted by molar-refractivity contribution is -0.132. The summed E-state index contributed by atoms with van der Waals surface area (Å²) in [6.07, 6.45) is 4.19. The predicted molar refractivity (Wildman–Crippen MR) is 93.9 cm³/mol. The summed E-state index contributed by atoms with van der Waals surface area (Å²) in [5.74, 6) is -1.71. The van der Waals surface area contributed by atoms with Crippen molar-refractivity contribution in [2.75, 3.05) is 6.54 Å². The molecule has 2 aromatic rings. The van der Waals surface area contributed by atoms with Crippen LogP contribution in [0.4, 0.5) is 0 Å². The van der Waals surface area contributed by atoms with Crippen LogP contribution in [0, 0.1) is 0 Å². The van der Waals surface area contributed by atoms with Crippen LogP contribution in [0.1, 0.15) is 28.8 Å². The molecule has 0 spiro atoms. The summed E-state index contributed by atoms with van der Waals surface area (Å²) in [4.78, 5) is 23.5. The van der Waals surface area contributed by atoms with Gasteiger partial charge >= 0.3 is 5.97 Å². The van der Waals surface area contributed by atoms with Crippen LogP contribution in [-0.4, -0.2) is 23.4 Å². The fourth-order valence-electron chi connectivity index (χ4n) is 2.34. The van der Waals surface area contributed by atoms with E-state index >= 15 is 0 Å². The predicted octanol–water partition coefficient (Wildman–Crippen LogP) is 3.45. The van der Waals surface area contributed by atoms with Gasteiger partial charge in [-0.05, 0) is 24.8 Å². The van der Waals surface area contributed by atoms with Crippen molar-refractivity contribution in [3.05, 3.63) is 83.6 Å². The van der Waals surface area contributed by atoms with E-state index in [1.807, 2.05) is 18.2 Å². The Balaban J connectivity index is 1.81. The van der Waals surface area contributed by atoms with E-state index in [9.17, 15) is 14.7 Å². The number of Topliss-reactive ketones (excluding diaryl/α,β-unsaturated/α-hetero) is 1. The summed E-state index contributed by atoms with van der Waals surface area (Å²) in [5, 5.41) is 12.2. The molecule has 0 aliphatic rings. The van der Waals surface area contributed by atoms with Gasteiger partial charge in [-0.1, -0.05) is 60.7 Å². The zero-order valence-corrected chi connectivity index (χ0v) is 13.4. The van der Waals surface area contributed by atoms with Gasteiger partial charge in [0.15, 0.2) is 0 Å². The second-order valence-corrected chi connectivity index (χ2v) is 5.46. The number of carboxylic acids is 1. The summed E-state index contributed by atoms with van der Waals surface area (Å²) in [5.41, 5.74) is 1.42. The van der Waals surface area contributed by atoms with Gasteiger partial charge in [-0.3, -0.25) is 4.79 Å². The van der Waals surface area contributed by atoms with Crippen molar-refractivity contribution in [1.29, 1.82) is 0 Å². The summed E-state index contributed by atoms with van der Waals surface area (Å²) < 4.78 is 0. The minimum Gasteiger partial charge on any atom is -0.477 e. The fraction of sp³-hybridized carbons (Fsp3) is 0.200. The van der Waals surface area contributed by atoms with Crippen molar-refractivity contribution in [2.45, 2.75) is 19.3 Å². The number of carbonyl (C=O) groups excluding carboxylic acids is 1. The van der Waals surface area contributed by atoms with E-state index in [0.717, 1.165) is 19.3 Å². The molecule has 0 saturated heterocycles. The standard InChI is InChI=1S/C20H21NO3/c22-19(17-12-5-2-6-13-17)18(20(23)24)15-21-14-8-7-11-16-9-3-1-4-10-16/h1-6,9-10,12-13,15,21H,7-8,11,14H2,(H,23,24)/b18-15+.